The fourth-order valence-corrected chi connectivity index (χ4v) is 1.79. The van der Waals surface area contributed by atoms with Gasteiger partial charge in [-0.15, -0.1) is 0 Å². The standard InChI is InChI=1S/C12H23N3O3/c1-12(2,11(13)15-17)8-14-10(16)7-9-5-3-4-6-18-9/h9,17H,3-8H2,1-2H3,(H2,13,15)(H,14,16). The molecule has 0 aromatic heterocycles. The van der Waals surface area contributed by atoms with E-state index in [1.165, 1.54) is 0 Å². The maximum atomic E-state index is 11.7. The predicted molar refractivity (Wildman–Crippen MR) is 68.4 cm³/mol. The average molecular weight is 257 g/mol. The summed E-state index contributed by atoms with van der Waals surface area (Å²) in [5, 5.41) is 14.4. The monoisotopic (exact) mass is 257 g/mol. The molecule has 1 rings (SSSR count). The van der Waals surface area contributed by atoms with E-state index in [0.29, 0.717) is 13.0 Å². The number of rotatable bonds is 5. The number of amidine groups is 1. The lowest BCUT2D eigenvalue weighted by molar-refractivity contribution is -0.125. The lowest BCUT2D eigenvalue weighted by atomic mass is 9.92. The van der Waals surface area contributed by atoms with Crippen LogP contribution >= 0.6 is 0 Å². The second-order valence-electron chi connectivity index (χ2n) is 5.34. The van der Waals surface area contributed by atoms with Gasteiger partial charge in [-0.25, -0.2) is 0 Å². The summed E-state index contributed by atoms with van der Waals surface area (Å²) < 4.78 is 5.50. The van der Waals surface area contributed by atoms with Gasteiger partial charge < -0.3 is 21.0 Å². The second kappa shape index (κ2) is 6.58. The van der Waals surface area contributed by atoms with Crippen molar-refractivity contribution in [3.8, 4) is 0 Å². The third kappa shape index (κ3) is 4.52. The quantitative estimate of drug-likeness (QED) is 0.294. The van der Waals surface area contributed by atoms with Gasteiger partial charge in [-0.1, -0.05) is 19.0 Å². The molecule has 1 aliphatic rings. The first-order valence-electron chi connectivity index (χ1n) is 6.32. The Morgan fingerprint density at radius 3 is 2.83 bits per heavy atom. The summed E-state index contributed by atoms with van der Waals surface area (Å²) >= 11 is 0. The van der Waals surface area contributed by atoms with Crippen LogP contribution in [0, 0.1) is 5.41 Å². The summed E-state index contributed by atoms with van der Waals surface area (Å²) in [4.78, 5) is 11.7. The molecule has 104 valence electrons. The van der Waals surface area contributed by atoms with Crippen LogP contribution in [0.2, 0.25) is 0 Å². The fraction of sp³-hybridized carbons (Fsp3) is 0.833. The van der Waals surface area contributed by atoms with E-state index in [-0.39, 0.29) is 17.8 Å². The Balaban J connectivity index is 2.32. The zero-order valence-corrected chi connectivity index (χ0v) is 11.1. The Morgan fingerprint density at radius 1 is 1.56 bits per heavy atom. The molecule has 1 aliphatic heterocycles. The number of oxime groups is 1. The highest BCUT2D eigenvalue weighted by molar-refractivity contribution is 5.86. The first-order chi connectivity index (χ1) is 8.45. The van der Waals surface area contributed by atoms with Crippen molar-refractivity contribution in [2.24, 2.45) is 16.3 Å². The zero-order chi connectivity index (χ0) is 13.6. The largest absolute Gasteiger partial charge is 0.409 e. The molecule has 0 radical (unpaired) electrons. The van der Waals surface area contributed by atoms with Crippen LogP contribution in [0.5, 0.6) is 0 Å². The maximum Gasteiger partial charge on any atom is 0.222 e. The van der Waals surface area contributed by atoms with Gasteiger partial charge in [0.1, 0.15) is 5.84 Å². The van der Waals surface area contributed by atoms with Gasteiger partial charge >= 0.3 is 0 Å². The highest BCUT2D eigenvalue weighted by Gasteiger charge is 2.25. The Bertz CT molecular complexity index is 310. The molecule has 0 bridgehead atoms. The van der Waals surface area contributed by atoms with Gasteiger partial charge in [0.25, 0.3) is 0 Å². The van der Waals surface area contributed by atoms with Gasteiger partial charge in [-0.05, 0) is 19.3 Å². The Labute approximate surface area is 108 Å². The number of ether oxygens (including phenoxy) is 1. The van der Waals surface area contributed by atoms with Gasteiger partial charge in [-0.3, -0.25) is 4.79 Å². The maximum absolute atomic E-state index is 11.7. The molecule has 1 unspecified atom stereocenters. The van der Waals surface area contributed by atoms with Crippen LogP contribution in [0.3, 0.4) is 0 Å². The molecule has 1 amide bonds. The van der Waals surface area contributed by atoms with E-state index >= 15 is 0 Å². The summed E-state index contributed by atoms with van der Waals surface area (Å²) in [5.41, 5.74) is 4.99. The van der Waals surface area contributed by atoms with E-state index in [9.17, 15) is 4.79 Å². The number of nitrogens with two attached hydrogens (primary N) is 1. The topological polar surface area (TPSA) is 96.9 Å². The highest BCUT2D eigenvalue weighted by Crippen LogP contribution is 2.16. The van der Waals surface area contributed by atoms with Crippen molar-refractivity contribution >= 4 is 11.7 Å². The molecule has 6 nitrogen and oxygen atoms in total. The van der Waals surface area contributed by atoms with E-state index in [1.807, 2.05) is 0 Å². The molecule has 1 saturated heterocycles. The van der Waals surface area contributed by atoms with Crippen molar-refractivity contribution in [3.63, 3.8) is 0 Å². The van der Waals surface area contributed by atoms with Crippen molar-refractivity contribution in [1.29, 1.82) is 0 Å². The molecule has 0 saturated carbocycles. The lowest BCUT2D eigenvalue weighted by Crippen LogP contribution is -2.43. The summed E-state index contributed by atoms with van der Waals surface area (Å²) in [5.74, 6) is 0.0532. The molecule has 1 atom stereocenters. The first kappa shape index (κ1) is 14.8. The zero-order valence-electron chi connectivity index (χ0n) is 11.1. The smallest absolute Gasteiger partial charge is 0.222 e. The molecular formula is C12H23N3O3. The third-order valence-corrected chi connectivity index (χ3v) is 3.22. The summed E-state index contributed by atoms with van der Waals surface area (Å²) in [6.45, 7) is 4.70. The van der Waals surface area contributed by atoms with Crippen LogP contribution in [0.1, 0.15) is 39.5 Å². The van der Waals surface area contributed by atoms with Crippen LogP contribution in [0.15, 0.2) is 5.16 Å². The summed E-state index contributed by atoms with van der Waals surface area (Å²) in [7, 11) is 0. The van der Waals surface area contributed by atoms with E-state index in [4.69, 9.17) is 15.7 Å². The van der Waals surface area contributed by atoms with Crippen LogP contribution in [-0.4, -0.2) is 36.2 Å². The van der Waals surface area contributed by atoms with E-state index < -0.39 is 5.41 Å². The molecule has 0 spiro atoms. The number of amides is 1. The average Bonchev–Trinajstić information content (AvgIpc) is 2.36. The number of hydrogen-bond donors (Lipinski definition) is 3. The highest BCUT2D eigenvalue weighted by atomic mass is 16.5. The molecule has 0 aromatic carbocycles. The van der Waals surface area contributed by atoms with Crippen molar-refractivity contribution in [3.05, 3.63) is 0 Å². The van der Waals surface area contributed by atoms with Gasteiger partial charge in [-0.2, -0.15) is 0 Å². The number of hydrogen-bond acceptors (Lipinski definition) is 4. The van der Waals surface area contributed by atoms with Crippen LogP contribution in [-0.2, 0) is 9.53 Å². The minimum absolute atomic E-state index is 0.0331. The molecule has 6 heteroatoms. The molecule has 1 heterocycles. The first-order valence-corrected chi connectivity index (χ1v) is 6.32. The Hall–Kier alpha value is -1.30. The normalized spacial score (nSPS) is 21.7. The third-order valence-electron chi connectivity index (χ3n) is 3.22. The lowest BCUT2D eigenvalue weighted by Gasteiger charge is -2.25. The van der Waals surface area contributed by atoms with Gasteiger partial charge in [0, 0.05) is 18.6 Å². The fourth-order valence-electron chi connectivity index (χ4n) is 1.79. The van der Waals surface area contributed by atoms with E-state index in [0.717, 1.165) is 25.9 Å². The number of carbonyl (C=O) groups excluding carboxylic acids is 1. The van der Waals surface area contributed by atoms with Crippen molar-refractivity contribution in [2.75, 3.05) is 13.2 Å². The Morgan fingerprint density at radius 2 is 2.28 bits per heavy atom. The molecule has 1 fully saturated rings. The van der Waals surface area contributed by atoms with Gasteiger partial charge in [0.2, 0.25) is 5.91 Å². The van der Waals surface area contributed by atoms with E-state index in [1.54, 1.807) is 13.8 Å². The SMILES string of the molecule is CC(C)(CNC(=O)CC1CCCCO1)C(N)=NO. The number of nitrogens with one attached hydrogen (secondary N) is 1. The minimum Gasteiger partial charge on any atom is -0.409 e. The van der Waals surface area contributed by atoms with Crippen LogP contribution in [0.25, 0.3) is 0 Å². The van der Waals surface area contributed by atoms with Crippen LogP contribution in [0.4, 0.5) is 0 Å². The molecule has 0 aromatic rings. The van der Waals surface area contributed by atoms with Crippen molar-refractivity contribution in [1.82, 2.24) is 5.32 Å². The number of nitrogens with zero attached hydrogens (tertiary/aromatic N) is 1. The van der Waals surface area contributed by atoms with E-state index in [2.05, 4.69) is 10.5 Å². The Kier molecular flexibility index (Phi) is 5.40. The van der Waals surface area contributed by atoms with Crippen molar-refractivity contribution in [2.45, 2.75) is 45.6 Å². The van der Waals surface area contributed by atoms with Gasteiger partial charge in [0.15, 0.2) is 0 Å². The molecular weight excluding hydrogens is 234 g/mol. The predicted octanol–water partition coefficient (Wildman–Crippen LogP) is 0.834. The van der Waals surface area contributed by atoms with Crippen molar-refractivity contribution < 1.29 is 14.7 Å². The minimum atomic E-state index is -0.558. The summed E-state index contributed by atoms with van der Waals surface area (Å²) in [6.07, 6.45) is 3.55. The molecule has 0 aliphatic carbocycles. The van der Waals surface area contributed by atoms with Gasteiger partial charge in [0.05, 0.1) is 12.5 Å². The molecule has 18 heavy (non-hydrogen) atoms. The summed E-state index contributed by atoms with van der Waals surface area (Å²) in [6, 6.07) is 0. The van der Waals surface area contributed by atoms with Crippen LogP contribution < -0.4 is 11.1 Å². The molecule has 4 N–H and O–H groups in total. The number of carbonyl (C=O) groups is 1. The second-order valence-corrected chi connectivity index (χ2v) is 5.34.